The fourth-order valence-electron chi connectivity index (χ4n) is 5.07. The first-order valence-electron chi connectivity index (χ1n) is 10.5. The van der Waals surface area contributed by atoms with E-state index >= 15 is 0 Å². The summed E-state index contributed by atoms with van der Waals surface area (Å²) in [5, 5.41) is 2.89. The summed E-state index contributed by atoms with van der Waals surface area (Å²) in [5.41, 5.74) is 1.92. The van der Waals surface area contributed by atoms with Gasteiger partial charge in [-0.3, -0.25) is 14.5 Å². The third-order valence-electron chi connectivity index (χ3n) is 6.67. The number of carbonyl (C=O) groups excluding carboxylic acids is 3. The van der Waals surface area contributed by atoms with Crippen LogP contribution in [-0.4, -0.2) is 46.8 Å². The second kappa shape index (κ2) is 7.57. The Morgan fingerprint density at radius 1 is 1.21 bits per heavy atom. The maximum Gasteiger partial charge on any atom is 0.325 e. The summed E-state index contributed by atoms with van der Waals surface area (Å²) < 4.78 is 0. The number of hydrogen-bond donors (Lipinski definition) is 1. The number of imide groups is 1. The average molecular weight is 383 g/mol. The molecule has 1 saturated carbocycles. The van der Waals surface area contributed by atoms with Gasteiger partial charge in [0.15, 0.2) is 0 Å². The number of urea groups is 1. The summed E-state index contributed by atoms with van der Waals surface area (Å²) in [5.74, 6) is -0.0265. The van der Waals surface area contributed by atoms with Crippen molar-refractivity contribution in [3.63, 3.8) is 0 Å². The molecule has 4 amide bonds. The minimum absolute atomic E-state index is 0.0735. The summed E-state index contributed by atoms with van der Waals surface area (Å²) in [6.45, 7) is 0.313. The average Bonchev–Trinajstić information content (AvgIpc) is 3.27. The van der Waals surface area contributed by atoms with Crippen LogP contribution in [-0.2, 0) is 16.0 Å². The molecule has 3 aliphatic rings. The van der Waals surface area contributed by atoms with Crippen molar-refractivity contribution in [2.45, 2.75) is 69.4 Å². The van der Waals surface area contributed by atoms with Gasteiger partial charge in [-0.15, -0.1) is 0 Å². The highest BCUT2D eigenvalue weighted by Crippen LogP contribution is 2.36. The van der Waals surface area contributed by atoms with Gasteiger partial charge < -0.3 is 10.2 Å². The van der Waals surface area contributed by atoms with E-state index in [1.807, 2.05) is 18.0 Å². The fraction of sp³-hybridized carbons (Fsp3) is 0.591. The molecule has 0 radical (unpaired) electrons. The minimum atomic E-state index is -0.663. The van der Waals surface area contributed by atoms with Crippen molar-refractivity contribution in [2.24, 2.45) is 0 Å². The van der Waals surface area contributed by atoms with E-state index in [1.54, 1.807) is 0 Å². The number of rotatable bonds is 5. The maximum absolute atomic E-state index is 12.8. The van der Waals surface area contributed by atoms with Crippen LogP contribution in [0.15, 0.2) is 24.3 Å². The van der Waals surface area contributed by atoms with E-state index in [0.29, 0.717) is 19.4 Å². The van der Waals surface area contributed by atoms with Crippen LogP contribution in [0.3, 0.4) is 0 Å². The molecule has 1 unspecified atom stereocenters. The number of fused-ring (bicyclic) bond motifs is 1. The van der Waals surface area contributed by atoms with Gasteiger partial charge >= 0.3 is 6.03 Å². The number of benzene rings is 1. The van der Waals surface area contributed by atoms with Gasteiger partial charge in [0.1, 0.15) is 5.54 Å². The molecule has 2 fully saturated rings. The van der Waals surface area contributed by atoms with E-state index in [0.717, 1.165) is 44.9 Å². The van der Waals surface area contributed by atoms with Crippen LogP contribution < -0.4 is 5.32 Å². The van der Waals surface area contributed by atoms with Gasteiger partial charge in [0.2, 0.25) is 5.91 Å². The lowest BCUT2D eigenvalue weighted by Gasteiger charge is -2.33. The topological polar surface area (TPSA) is 69.7 Å². The molecular weight excluding hydrogens is 354 g/mol. The van der Waals surface area contributed by atoms with E-state index in [-0.39, 0.29) is 23.9 Å². The molecule has 1 spiro atoms. The molecule has 6 nitrogen and oxygen atoms in total. The quantitative estimate of drug-likeness (QED) is 0.794. The highest BCUT2D eigenvalue weighted by Gasteiger charge is 2.52. The number of aryl methyl sites for hydroxylation is 1. The lowest BCUT2D eigenvalue weighted by molar-refractivity contribution is -0.134. The van der Waals surface area contributed by atoms with Crippen molar-refractivity contribution in [2.75, 3.05) is 13.6 Å². The number of carbonyl (C=O) groups is 3. The number of amides is 4. The standard InChI is InChI=1S/C22H29N3O3/c1-24(18-11-6-9-16-8-2-3-10-17(16)18)19(26)12-7-15-25-20(27)22(23-21(25)28)13-4-5-14-22/h2-3,8,10,18H,4-7,9,11-15H2,1H3,(H,23,28). The van der Waals surface area contributed by atoms with E-state index in [4.69, 9.17) is 0 Å². The molecule has 4 rings (SSSR count). The normalized spacial score (nSPS) is 23.0. The summed E-state index contributed by atoms with van der Waals surface area (Å²) in [6.07, 6.45) is 7.42. The molecule has 1 atom stereocenters. The van der Waals surface area contributed by atoms with Crippen molar-refractivity contribution in [1.82, 2.24) is 15.1 Å². The predicted molar refractivity (Wildman–Crippen MR) is 106 cm³/mol. The van der Waals surface area contributed by atoms with Crippen molar-refractivity contribution in [3.05, 3.63) is 35.4 Å². The molecule has 1 aromatic carbocycles. The Morgan fingerprint density at radius 2 is 1.96 bits per heavy atom. The lowest BCUT2D eigenvalue weighted by atomic mass is 9.87. The minimum Gasteiger partial charge on any atom is -0.339 e. The molecule has 1 saturated heterocycles. The molecular formula is C22H29N3O3. The molecule has 1 N–H and O–H groups in total. The Labute approximate surface area is 166 Å². The number of nitrogens with zero attached hydrogens (tertiary/aromatic N) is 2. The van der Waals surface area contributed by atoms with Crippen LogP contribution in [0, 0.1) is 0 Å². The van der Waals surface area contributed by atoms with Gasteiger partial charge in [0.25, 0.3) is 5.91 Å². The van der Waals surface area contributed by atoms with Gasteiger partial charge in [0, 0.05) is 20.0 Å². The van der Waals surface area contributed by atoms with Gasteiger partial charge in [-0.2, -0.15) is 0 Å². The van der Waals surface area contributed by atoms with Crippen LogP contribution >= 0.6 is 0 Å². The monoisotopic (exact) mass is 383 g/mol. The Morgan fingerprint density at radius 3 is 2.75 bits per heavy atom. The third kappa shape index (κ3) is 3.29. The van der Waals surface area contributed by atoms with Crippen molar-refractivity contribution in [1.29, 1.82) is 0 Å². The van der Waals surface area contributed by atoms with Crippen LogP contribution in [0.1, 0.15) is 68.5 Å². The maximum atomic E-state index is 12.8. The fourth-order valence-corrected chi connectivity index (χ4v) is 5.07. The second-order valence-corrected chi connectivity index (χ2v) is 8.39. The molecule has 1 aromatic rings. The van der Waals surface area contributed by atoms with Gasteiger partial charge in [0.05, 0.1) is 6.04 Å². The molecule has 28 heavy (non-hydrogen) atoms. The second-order valence-electron chi connectivity index (χ2n) is 8.39. The van der Waals surface area contributed by atoms with Crippen molar-refractivity contribution in [3.8, 4) is 0 Å². The summed E-state index contributed by atoms with van der Waals surface area (Å²) in [4.78, 5) is 40.8. The first-order chi connectivity index (χ1) is 13.5. The van der Waals surface area contributed by atoms with E-state index in [1.165, 1.54) is 16.0 Å². The van der Waals surface area contributed by atoms with Gasteiger partial charge in [-0.05, 0) is 49.7 Å². The molecule has 150 valence electrons. The third-order valence-corrected chi connectivity index (χ3v) is 6.67. The van der Waals surface area contributed by atoms with E-state index in [2.05, 4.69) is 23.5 Å². The Balaban J connectivity index is 1.33. The van der Waals surface area contributed by atoms with Gasteiger partial charge in [-0.1, -0.05) is 37.1 Å². The number of nitrogens with one attached hydrogen (secondary N) is 1. The predicted octanol–water partition coefficient (Wildman–Crippen LogP) is 3.17. The summed E-state index contributed by atoms with van der Waals surface area (Å²) in [6, 6.07) is 8.18. The highest BCUT2D eigenvalue weighted by molar-refractivity contribution is 6.07. The smallest absolute Gasteiger partial charge is 0.325 e. The Hall–Kier alpha value is -2.37. The SMILES string of the molecule is CN(C(=O)CCCN1C(=O)NC2(CCCC2)C1=O)C1CCCc2ccccc21. The van der Waals surface area contributed by atoms with Crippen molar-refractivity contribution < 1.29 is 14.4 Å². The summed E-state index contributed by atoms with van der Waals surface area (Å²) in [7, 11) is 1.87. The van der Waals surface area contributed by atoms with Crippen molar-refractivity contribution >= 4 is 17.8 Å². The molecule has 0 bridgehead atoms. The summed E-state index contributed by atoms with van der Waals surface area (Å²) >= 11 is 0. The van der Waals surface area contributed by atoms with Gasteiger partial charge in [-0.25, -0.2) is 4.79 Å². The Bertz CT molecular complexity index is 785. The Kier molecular flexibility index (Phi) is 5.13. The first kappa shape index (κ1) is 19.0. The number of hydrogen-bond acceptors (Lipinski definition) is 3. The zero-order chi connectivity index (χ0) is 19.7. The van der Waals surface area contributed by atoms with Crippen LogP contribution in [0.25, 0.3) is 0 Å². The zero-order valence-corrected chi connectivity index (χ0v) is 16.6. The van der Waals surface area contributed by atoms with E-state index < -0.39 is 5.54 Å². The zero-order valence-electron chi connectivity index (χ0n) is 16.6. The van der Waals surface area contributed by atoms with Crippen LogP contribution in [0.2, 0.25) is 0 Å². The first-order valence-corrected chi connectivity index (χ1v) is 10.5. The lowest BCUT2D eigenvalue weighted by Crippen LogP contribution is -2.44. The van der Waals surface area contributed by atoms with Crippen LogP contribution in [0.5, 0.6) is 0 Å². The molecule has 0 aromatic heterocycles. The molecule has 1 heterocycles. The molecule has 2 aliphatic carbocycles. The molecule has 1 aliphatic heterocycles. The highest BCUT2D eigenvalue weighted by atomic mass is 16.2. The van der Waals surface area contributed by atoms with Crippen LogP contribution in [0.4, 0.5) is 4.79 Å². The molecule has 6 heteroatoms. The largest absolute Gasteiger partial charge is 0.339 e. The van der Waals surface area contributed by atoms with E-state index in [9.17, 15) is 14.4 Å².